The summed E-state index contributed by atoms with van der Waals surface area (Å²) in [5.74, 6) is -0.858. The minimum absolute atomic E-state index is 0.0708. The lowest BCUT2D eigenvalue weighted by atomic mass is 10.0. The first-order valence-corrected chi connectivity index (χ1v) is 32.0. The lowest BCUT2D eigenvalue weighted by Crippen LogP contribution is -2.30. The lowest BCUT2D eigenvalue weighted by molar-refractivity contribution is -0.167. The van der Waals surface area contributed by atoms with E-state index in [-0.39, 0.29) is 31.1 Å². The Hall–Kier alpha value is -2.37. The highest BCUT2D eigenvalue weighted by Crippen LogP contribution is 2.18. The minimum Gasteiger partial charge on any atom is -0.462 e. The lowest BCUT2D eigenvalue weighted by Gasteiger charge is -2.18. The molecule has 0 bridgehead atoms. The monoisotopic (exact) mass is 1010 g/mol. The van der Waals surface area contributed by atoms with E-state index in [0.717, 1.165) is 77.0 Å². The Kier molecular flexibility index (Phi) is 59.2. The van der Waals surface area contributed by atoms with Crippen LogP contribution < -0.4 is 0 Å². The molecule has 0 aromatic rings. The smallest absolute Gasteiger partial charge is 0.306 e. The van der Waals surface area contributed by atoms with Crippen LogP contribution in [0.5, 0.6) is 0 Å². The minimum atomic E-state index is -0.774. The molecule has 72 heavy (non-hydrogen) atoms. The molecule has 6 nitrogen and oxygen atoms in total. The van der Waals surface area contributed by atoms with Crippen molar-refractivity contribution in [3.63, 3.8) is 0 Å². The van der Waals surface area contributed by atoms with Gasteiger partial charge in [-0.3, -0.25) is 14.4 Å². The average Bonchev–Trinajstić information content (AvgIpc) is 3.38. The molecule has 0 amide bonds. The molecule has 0 spiro atoms. The molecular formula is C66H122O6. The van der Waals surface area contributed by atoms with Crippen LogP contribution in [0.15, 0.2) is 36.5 Å². The van der Waals surface area contributed by atoms with E-state index in [9.17, 15) is 14.4 Å². The number of ether oxygens (including phenoxy) is 3. The molecule has 0 N–H and O–H groups in total. The van der Waals surface area contributed by atoms with E-state index in [1.807, 2.05) is 0 Å². The van der Waals surface area contributed by atoms with Crippen molar-refractivity contribution in [1.82, 2.24) is 0 Å². The molecule has 6 heteroatoms. The number of hydrogen-bond donors (Lipinski definition) is 0. The van der Waals surface area contributed by atoms with Crippen LogP contribution >= 0.6 is 0 Å². The summed E-state index contributed by atoms with van der Waals surface area (Å²) in [6.45, 7) is 6.67. The Balaban J connectivity index is 4.34. The molecule has 0 aliphatic carbocycles. The fourth-order valence-corrected chi connectivity index (χ4v) is 9.57. The van der Waals surface area contributed by atoms with E-state index in [4.69, 9.17) is 14.2 Å². The maximum Gasteiger partial charge on any atom is 0.306 e. The molecule has 0 rings (SSSR count). The Labute approximate surface area is 448 Å². The molecule has 0 saturated carbocycles. The van der Waals surface area contributed by atoms with Gasteiger partial charge >= 0.3 is 17.9 Å². The molecule has 0 fully saturated rings. The first kappa shape index (κ1) is 69.6. The van der Waals surface area contributed by atoms with Gasteiger partial charge in [0.05, 0.1) is 0 Å². The molecule has 1 unspecified atom stereocenters. The number of rotatable bonds is 59. The van der Waals surface area contributed by atoms with Crippen molar-refractivity contribution in [3.8, 4) is 0 Å². The fraction of sp³-hybridized carbons (Fsp3) is 0.864. The summed E-state index contributed by atoms with van der Waals surface area (Å²) >= 11 is 0. The van der Waals surface area contributed by atoms with Crippen LogP contribution in [0.3, 0.4) is 0 Å². The number of esters is 3. The van der Waals surface area contributed by atoms with Gasteiger partial charge < -0.3 is 14.2 Å². The first-order valence-electron chi connectivity index (χ1n) is 32.0. The van der Waals surface area contributed by atoms with Crippen LogP contribution in [-0.4, -0.2) is 37.2 Å². The second kappa shape index (κ2) is 61.2. The van der Waals surface area contributed by atoms with E-state index in [1.165, 1.54) is 231 Å². The zero-order valence-corrected chi connectivity index (χ0v) is 48.5. The highest BCUT2D eigenvalue weighted by atomic mass is 16.6. The third-order valence-electron chi connectivity index (χ3n) is 14.4. The van der Waals surface area contributed by atoms with Crippen molar-refractivity contribution in [2.45, 2.75) is 354 Å². The number of carbonyl (C=O) groups is 3. The number of allylic oxidation sites excluding steroid dienone is 6. The van der Waals surface area contributed by atoms with Gasteiger partial charge in [-0.05, 0) is 57.8 Å². The van der Waals surface area contributed by atoms with Crippen molar-refractivity contribution < 1.29 is 28.6 Å². The number of unbranched alkanes of at least 4 members (excludes halogenated alkanes) is 42. The van der Waals surface area contributed by atoms with E-state index in [2.05, 4.69) is 57.2 Å². The summed E-state index contributed by atoms with van der Waals surface area (Å²) in [7, 11) is 0. The van der Waals surface area contributed by atoms with Crippen LogP contribution in [0.4, 0.5) is 0 Å². The highest BCUT2D eigenvalue weighted by Gasteiger charge is 2.19. The number of carbonyl (C=O) groups excluding carboxylic acids is 3. The predicted molar refractivity (Wildman–Crippen MR) is 312 cm³/mol. The van der Waals surface area contributed by atoms with Gasteiger partial charge in [0, 0.05) is 19.3 Å². The van der Waals surface area contributed by atoms with Gasteiger partial charge in [0.2, 0.25) is 0 Å². The summed E-state index contributed by atoms with van der Waals surface area (Å²) in [5.41, 5.74) is 0. The van der Waals surface area contributed by atoms with Crippen LogP contribution in [-0.2, 0) is 28.6 Å². The van der Waals surface area contributed by atoms with Gasteiger partial charge in [-0.25, -0.2) is 0 Å². The topological polar surface area (TPSA) is 78.9 Å². The summed E-state index contributed by atoms with van der Waals surface area (Å²) in [6, 6.07) is 0. The van der Waals surface area contributed by atoms with Crippen LogP contribution in [0.25, 0.3) is 0 Å². The first-order chi connectivity index (χ1) is 35.5. The molecule has 0 saturated heterocycles. The number of hydrogen-bond acceptors (Lipinski definition) is 6. The molecule has 0 aromatic carbocycles. The Morgan fingerprint density at radius 2 is 0.500 bits per heavy atom. The second-order valence-corrected chi connectivity index (χ2v) is 21.7. The third-order valence-corrected chi connectivity index (χ3v) is 14.4. The largest absolute Gasteiger partial charge is 0.462 e. The summed E-state index contributed by atoms with van der Waals surface area (Å²) in [6.07, 6.45) is 74.3. The predicted octanol–water partition coefficient (Wildman–Crippen LogP) is 21.6. The average molecular weight is 1010 g/mol. The molecule has 0 heterocycles. The van der Waals surface area contributed by atoms with Crippen molar-refractivity contribution >= 4 is 17.9 Å². The van der Waals surface area contributed by atoms with Crippen molar-refractivity contribution in [3.05, 3.63) is 36.5 Å². The van der Waals surface area contributed by atoms with E-state index < -0.39 is 6.10 Å². The summed E-state index contributed by atoms with van der Waals surface area (Å²) in [4.78, 5) is 38.3. The summed E-state index contributed by atoms with van der Waals surface area (Å²) < 4.78 is 16.9. The van der Waals surface area contributed by atoms with E-state index in [1.54, 1.807) is 0 Å². The Morgan fingerprint density at radius 1 is 0.278 bits per heavy atom. The molecule has 1 atom stereocenters. The van der Waals surface area contributed by atoms with Crippen LogP contribution in [0.1, 0.15) is 348 Å². The van der Waals surface area contributed by atoms with E-state index in [0.29, 0.717) is 19.3 Å². The second-order valence-electron chi connectivity index (χ2n) is 21.7. The molecular weight excluding hydrogens is 889 g/mol. The summed E-state index contributed by atoms with van der Waals surface area (Å²) in [5, 5.41) is 0. The van der Waals surface area contributed by atoms with Crippen molar-refractivity contribution in [1.29, 1.82) is 0 Å². The molecule has 0 aliphatic rings. The van der Waals surface area contributed by atoms with Gasteiger partial charge in [0.25, 0.3) is 0 Å². The zero-order chi connectivity index (χ0) is 52.2. The van der Waals surface area contributed by atoms with Gasteiger partial charge in [-0.1, -0.05) is 308 Å². The van der Waals surface area contributed by atoms with Crippen molar-refractivity contribution in [2.75, 3.05) is 13.2 Å². The normalized spacial score (nSPS) is 12.2. The van der Waals surface area contributed by atoms with Crippen LogP contribution in [0, 0.1) is 0 Å². The standard InChI is InChI=1S/C66H122O6/c1-4-7-10-13-16-19-22-25-28-31-33-35-38-41-44-47-50-53-56-59-65(68)71-62-63(61-70-64(67)58-55-52-49-46-43-40-37-30-27-24-21-18-15-12-9-6-3)72-66(69)60-57-54-51-48-45-42-39-36-34-32-29-26-23-20-17-14-11-8-5-2/h16,19,25,28,33,35,63H,4-15,17-18,20-24,26-27,29-32,34,36-62H2,1-3H3/b19-16-,28-25-,35-33-. The maximum atomic E-state index is 12.9. The van der Waals surface area contributed by atoms with Crippen molar-refractivity contribution in [2.24, 2.45) is 0 Å². The van der Waals surface area contributed by atoms with Gasteiger partial charge in [0.1, 0.15) is 13.2 Å². The molecule has 0 aromatic heterocycles. The SMILES string of the molecule is CCCCC/C=C\C/C=C\C/C=C\CCCCCCCCC(=O)OCC(COC(=O)CCCCCCCCCCCCCCCCCC)OC(=O)CCCCCCCCCCCCCCCCCCCCC. The molecule has 0 aliphatic heterocycles. The van der Waals surface area contributed by atoms with Crippen LogP contribution in [0.2, 0.25) is 0 Å². The quantitative estimate of drug-likeness (QED) is 0.0261. The maximum absolute atomic E-state index is 12.9. The van der Waals surface area contributed by atoms with Gasteiger partial charge in [-0.2, -0.15) is 0 Å². The molecule has 422 valence electrons. The fourth-order valence-electron chi connectivity index (χ4n) is 9.57. The Morgan fingerprint density at radius 3 is 0.806 bits per heavy atom. The Bertz CT molecular complexity index is 1210. The third kappa shape index (κ3) is 58.5. The van der Waals surface area contributed by atoms with E-state index >= 15 is 0 Å². The molecule has 0 radical (unpaired) electrons. The van der Waals surface area contributed by atoms with Gasteiger partial charge in [-0.15, -0.1) is 0 Å². The van der Waals surface area contributed by atoms with Gasteiger partial charge in [0.15, 0.2) is 6.10 Å². The zero-order valence-electron chi connectivity index (χ0n) is 48.5. The highest BCUT2D eigenvalue weighted by molar-refractivity contribution is 5.71.